The summed E-state index contributed by atoms with van der Waals surface area (Å²) in [6.07, 6.45) is 4.10. The number of hydrogen-bond donors (Lipinski definition) is 3. The number of carbonyl (C=O) groups is 1. The lowest BCUT2D eigenvalue weighted by atomic mass is 9.99. The molecule has 0 bridgehead atoms. The number of nitrogens with one attached hydrogen (secondary N) is 2. The highest BCUT2D eigenvalue weighted by Crippen LogP contribution is 2.16. The smallest absolute Gasteiger partial charge is 0.314 e. The number of nitrogens with zero attached hydrogens (tertiary/aromatic N) is 1. The van der Waals surface area contributed by atoms with Crippen molar-refractivity contribution in [2.45, 2.75) is 38.7 Å². The number of aliphatic hydroxyl groups excluding tert-OH is 1. The first-order valence-corrected chi connectivity index (χ1v) is 9.53. The normalized spacial score (nSPS) is 17.8. The molecule has 2 amide bonds. The molecule has 2 rings (SSSR count). The van der Waals surface area contributed by atoms with E-state index in [1.807, 2.05) is 16.8 Å². The van der Waals surface area contributed by atoms with Gasteiger partial charge in [0, 0.05) is 13.1 Å². The Bertz CT molecular complexity index is 445. The van der Waals surface area contributed by atoms with Crippen LogP contribution in [-0.4, -0.2) is 48.8 Å². The number of hydrogen-bond acceptors (Lipinski definition) is 4. The molecule has 0 aliphatic carbocycles. The number of thiophene rings is 1. The molecule has 0 spiro atoms. The van der Waals surface area contributed by atoms with Gasteiger partial charge in [0.1, 0.15) is 0 Å². The summed E-state index contributed by atoms with van der Waals surface area (Å²) >= 11 is 1.54. The largest absolute Gasteiger partial charge is 0.387 e. The van der Waals surface area contributed by atoms with Crippen molar-refractivity contribution in [3.63, 3.8) is 0 Å². The Morgan fingerprint density at radius 3 is 2.87 bits per heavy atom. The van der Waals surface area contributed by atoms with Gasteiger partial charge in [0.25, 0.3) is 0 Å². The van der Waals surface area contributed by atoms with E-state index in [0.717, 1.165) is 30.9 Å². The fourth-order valence-corrected chi connectivity index (χ4v) is 3.49. The third-order valence-corrected chi connectivity index (χ3v) is 5.15. The second kappa shape index (κ2) is 9.90. The number of urea groups is 1. The van der Waals surface area contributed by atoms with Crippen LogP contribution in [0.4, 0.5) is 4.79 Å². The first kappa shape index (κ1) is 18.2. The molecule has 1 aromatic rings. The Balaban J connectivity index is 1.47. The fourth-order valence-electron chi connectivity index (χ4n) is 2.78. The lowest BCUT2D eigenvalue weighted by Gasteiger charge is -2.30. The Labute approximate surface area is 143 Å². The molecule has 1 atom stereocenters. The molecule has 5 nitrogen and oxygen atoms in total. The van der Waals surface area contributed by atoms with Crippen LogP contribution in [0, 0.1) is 5.92 Å². The summed E-state index contributed by atoms with van der Waals surface area (Å²) in [7, 11) is 0. The highest BCUT2D eigenvalue weighted by Gasteiger charge is 2.14. The number of amides is 2. The summed E-state index contributed by atoms with van der Waals surface area (Å²) in [5.74, 6) is 0.876. The molecule has 1 saturated heterocycles. The molecular weight excluding hydrogens is 310 g/mol. The predicted octanol–water partition coefficient (Wildman–Crippen LogP) is 2.59. The SMILES string of the molecule is CC1CCN(CCCCNC(=O)NCC(O)c2ccsc2)CC1. The number of likely N-dealkylation sites (tertiary alicyclic amines) is 1. The van der Waals surface area contributed by atoms with E-state index >= 15 is 0 Å². The second-order valence-electron chi connectivity index (χ2n) is 6.44. The van der Waals surface area contributed by atoms with Gasteiger partial charge >= 0.3 is 6.03 Å². The first-order valence-electron chi connectivity index (χ1n) is 8.59. The van der Waals surface area contributed by atoms with E-state index in [0.29, 0.717) is 6.54 Å². The van der Waals surface area contributed by atoms with Gasteiger partial charge in [-0.1, -0.05) is 6.92 Å². The van der Waals surface area contributed by atoms with Crippen LogP contribution in [-0.2, 0) is 0 Å². The zero-order chi connectivity index (χ0) is 16.5. The molecule has 2 heterocycles. The van der Waals surface area contributed by atoms with Crippen LogP contribution in [0.1, 0.15) is 44.3 Å². The van der Waals surface area contributed by atoms with Crippen LogP contribution in [0.3, 0.4) is 0 Å². The summed E-state index contributed by atoms with van der Waals surface area (Å²) in [6, 6.07) is 1.67. The van der Waals surface area contributed by atoms with Crippen molar-refractivity contribution in [3.8, 4) is 0 Å². The standard InChI is InChI=1S/C17H29N3O2S/c1-14-4-9-20(10-5-14)8-3-2-7-18-17(22)19-12-16(21)15-6-11-23-13-15/h6,11,13-14,16,21H,2-5,7-10,12H2,1H3,(H2,18,19,22). The van der Waals surface area contributed by atoms with Gasteiger partial charge < -0.3 is 20.6 Å². The molecule has 1 aliphatic heterocycles. The van der Waals surface area contributed by atoms with Crippen LogP contribution < -0.4 is 10.6 Å². The number of rotatable bonds is 8. The second-order valence-corrected chi connectivity index (χ2v) is 7.22. The third kappa shape index (κ3) is 6.89. The molecule has 0 saturated carbocycles. The first-order chi connectivity index (χ1) is 11.1. The van der Waals surface area contributed by atoms with E-state index in [1.165, 1.54) is 25.9 Å². The number of carbonyl (C=O) groups excluding carboxylic acids is 1. The lowest BCUT2D eigenvalue weighted by molar-refractivity contribution is 0.173. The zero-order valence-corrected chi connectivity index (χ0v) is 14.8. The molecule has 0 aromatic carbocycles. The van der Waals surface area contributed by atoms with E-state index < -0.39 is 6.10 Å². The molecular formula is C17H29N3O2S. The Hall–Kier alpha value is -1.11. The molecule has 23 heavy (non-hydrogen) atoms. The minimum absolute atomic E-state index is 0.203. The highest BCUT2D eigenvalue weighted by molar-refractivity contribution is 7.07. The van der Waals surface area contributed by atoms with Gasteiger partial charge in [0.15, 0.2) is 0 Å². The van der Waals surface area contributed by atoms with E-state index in [2.05, 4.69) is 22.5 Å². The van der Waals surface area contributed by atoms with Gasteiger partial charge in [0.2, 0.25) is 0 Å². The van der Waals surface area contributed by atoms with Crippen molar-refractivity contribution in [3.05, 3.63) is 22.4 Å². The van der Waals surface area contributed by atoms with Gasteiger partial charge in [0.05, 0.1) is 6.10 Å². The molecule has 3 N–H and O–H groups in total. The summed E-state index contributed by atoms with van der Waals surface area (Å²) in [5.41, 5.74) is 0.853. The minimum atomic E-state index is -0.631. The van der Waals surface area contributed by atoms with E-state index in [-0.39, 0.29) is 12.6 Å². The molecule has 1 unspecified atom stereocenters. The monoisotopic (exact) mass is 339 g/mol. The zero-order valence-electron chi connectivity index (χ0n) is 14.0. The van der Waals surface area contributed by atoms with Gasteiger partial charge in [-0.3, -0.25) is 0 Å². The summed E-state index contributed by atoms with van der Waals surface area (Å²) in [4.78, 5) is 14.2. The Kier molecular flexibility index (Phi) is 7.85. The molecule has 0 radical (unpaired) electrons. The molecule has 1 aliphatic rings. The number of piperidine rings is 1. The highest BCUT2D eigenvalue weighted by atomic mass is 32.1. The van der Waals surface area contributed by atoms with Crippen molar-refractivity contribution in [1.29, 1.82) is 0 Å². The maximum atomic E-state index is 11.7. The van der Waals surface area contributed by atoms with Crippen LogP contribution >= 0.6 is 11.3 Å². The maximum absolute atomic E-state index is 11.7. The van der Waals surface area contributed by atoms with Crippen molar-refractivity contribution >= 4 is 17.4 Å². The number of aliphatic hydroxyl groups is 1. The van der Waals surface area contributed by atoms with Gasteiger partial charge in [-0.15, -0.1) is 0 Å². The van der Waals surface area contributed by atoms with E-state index in [1.54, 1.807) is 11.3 Å². The van der Waals surface area contributed by atoms with Crippen LogP contribution in [0.2, 0.25) is 0 Å². The van der Waals surface area contributed by atoms with Crippen LogP contribution in [0.5, 0.6) is 0 Å². The summed E-state index contributed by atoms with van der Waals surface area (Å²) in [6.45, 7) is 6.83. The molecule has 130 valence electrons. The van der Waals surface area contributed by atoms with Crippen LogP contribution in [0.15, 0.2) is 16.8 Å². The van der Waals surface area contributed by atoms with Crippen LogP contribution in [0.25, 0.3) is 0 Å². The lowest BCUT2D eigenvalue weighted by Crippen LogP contribution is -2.38. The van der Waals surface area contributed by atoms with Crippen molar-refractivity contribution < 1.29 is 9.90 Å². The van der Waals surface area contributed by atoms with Gasteiger partial charge in [-0.2, -0.15) is 11.3 Å². The Morgan fingerprint density at radius 1 is 1.39 bits per heavy atom. The molecule has 1 fully saturated rings. The topological polar surface area (TPSA) is 64.6 Å². The average Bonchev–Trinajstić information content (AvgIpc) is 3.08. The van der Waals surface area contributed by atoms with Gasteiger partial charge in [-0.25, -0.2) is 4.79 Å². The summed E-state index contributed by atoms with van der Waals surface area (Å²) in [5, 5.41) is 19.3. The molecule has 6 heteroatoms. The fraction of sp³-hybridized carbons (Fsp3) is 0.706. The van der Waals surface area contributed by atoms with E-state index in [4.69, 9.17) is 0 Å². The van der Waals surface area contributed by atoms with Gasteiger partial charge in [-0.05, 0) is 73.6 Å². The number of unbranched alkanes of at least 4 members (excludes halogenated alkanes) is 1. The maximum Gasteiger partial charge on any atom is 0.314 e. The van der Waals surface area contributed by atoms with Crippen molar-refractivity contribution in [2.24, 2.45) is 5.92 Å². The predicted molar refractivity (Wildman–Crippen MR) is 94.8 cm³/mol. The van der Waals surface area contributed by atoms with Crippen molar-refractivity contribution in [2.75, 3.05) is 32.7 Å². The van der Waals surface area contributed by atoms with Crippen molar-refractivity contribution in [1.82, 2.24) is 15.5 Å². The quantitative estimate of drug-likeness (QED) is 0.638. The molecule has 1 aromatic heterocycles. The summed E-state index contributed by atoms with van der Waals surface area (Å²) < 4.78 is 0. The third-order valence-electron chi connectivity index (χ3n) is 4.45. The minimum Gasteiger partial charge on any atom is -0.387 e. The van der Waals surface area contributed by atoms with E-state index in [9.17, 15) is 9.90 Å². The average molecular weight is 340 g/mol. The Morgan fingerprint density at radius 2 is 2.17 bits per heavy atom.